The number of imide groups is 1. The molecule has 426 valence electrons. The molecular weight excluding hydrogens is 1100 g/mol. The smallest absolute Gasteiger partial charge is 0.370 e. The molecule has 9 amide bonds. The van der Waals surface area contributed by atoms with Gasteiger partial charge in [0.15, 0.2) is 0 Å². The number of benzene rings is 4. The third-order valence-corrected chi connectivity index (χ3v) is 18.0. The first-order chi connectivity index (χ1) is 39.2. The lowest BCUT2D eigenvalue weighted by Crippen LogP contribution is -2.58. The molecule has 24 heteroatoms. The molecule has 5 aliphatic heterocycles. The van der Waals surface area contributed by atoms with Crippen molar-refractivity contribution >= 4 is 87.9 Å². The molecule has 5 atom stereocenters. The highest BCUT2D eigenvalue weighted by Crippen LogP contribution is 2.59. The zero-order valence-corrected chi connectivity index (χ0v) is 45.7. The molecule has 5 aliphatic rings. The largest absolute Gasteiger partial charge is 0.399 e. The summed E-state index contributed by atoms with van der Waals surface area (Å²) in [6.07, 6.45) is 2.86. The summed E-state index contributed by atoms with van der Waals surface area (Å²) in [5, 5.41) is 10.8. The van der Waals surface area contributed by atoms with Crippen molar-refractivity contribution in [3.63, 3.8) is 0 Å². The van der Waals surface area contributed by atoms with E-state index in [1.165, 1.54) is 21.9 Å². The van der Waals surface area contributed by atoms with Gasteiger partial charge in [-0.2, -0.15) is 8.78 Å². The Bertz CT molecular complexity index is 3570. The van der Waals surface area contributed by atoms with E-state index < -0.39 is 84.5 Å². The van der Waals surface area contributed by atoms with Crippen molar-refractivity contribution in [1.82, 2.24) is 31.1 Å². The summed E-state index contributed by atoms with van der Waals surface area (Å²) < 4.78 is 41.1. The van der Waals surface area contributed by atoms with Crippen LogP contribution < -0.4 is 31.9 Å². The Balaban J connectivity index is 0.788. The number of aryl methyl sites for hydroxylation is 1. The fourth-order valence-electron chi connectivity index (χ4n) is 11.5. The molecule has 1 unspecified atom stereocenters. The molecule has 1 aromatic heterocycles. The Hall–Kier alpha value is -8.16. The number of hydrogen-bond acceptors (Lipinski definition) is 11. The topological polar surface area (TPSA) is 295 Å². The number of anilines is 1. The van der Waals surface area contributed by atoms with Crippen LogP contribution in [0.1, 0.15) is 117 Å². The van der Waals surface area contributed by atoms with Crippen molar-refractivity contribution in [3.05, 3.63) is 135 Å². The lowest BCUT2D eigenvalue weighted by molar-refractivity contribution is -0.139. The maximum atomic E-state index is 14.6. The van der Waals surface area contributed by atoms with Crippen LogP contribution in [-0.2, 0) is 63.2 Å². The minimum atomic E-state index is -5.87. The average molecular weight is 1160 g/mol. The zero-order valence-electron chi connectivity index (χ0n) is 44.0. The first-order valence-corrected chi connectivity index (χ1v) is 29.3. The number of nitrogens with one attached hydrogen (secondary N) is 4. The van der Waals surface area contributed by atoms with Gasteiger partial charge < -0.3 is 41.3 Å². The van der Waals surface area contributed by atoms with Crippen LogP contribution in [0.4, 0.5) is 14.5 Å². The van der Waals surface area contributed by atoms with E-state index in [0.717, 1.165) is 41.0 Å². The van der Waals surface area contributed by atoms with Crippen LogP contribution in [0.2, 0.25) is 0 Å². The Kier molecular flexibility index (Phi) is 16.3. The van der Waals surface area contributed by atoms with E-state index in [1.54, 1.807) is 65.6 Å². The van der Waals surface area contributed by atoms with Gasteiger partial charge in [-0.25, -0.2) is 0 Å². The summed E-state index contributed by atoms with van der Waals surface area (Å²) in [4.78, 5) is 145. The number of halogens is 2. The highest BCUT2D eigenvalue weighted by atomic mass is 32.1. The van der Waals surface area contributed by atoms with Crippen LogP contribution in [0, 0.1) is 17.8 Å². The number of rotatable bonds is 16. The van der Waals surface area contributed by atoms with Crippen LogP contribution >= 0.6 is 18.9 Å². The Morgan fingerprint density at radius 3 is 2.35 bits per heavy atom. The molecule has 2 fully saturated rings. The second kappa shape index (κ2) is 23.4. The van der Waals surface area contributed by atoms with Crippen LogP contribution in [-0.4, -0.2) is 110 Å². The number of hydrogen-bond donors (Lipinski definition) is 7. The summed E-state index contributed by atoms with van der Waals surface area (Å²) in [5.74, 6) is 1.51. The van der Waals surface area contributed by atoms with E-state index in [9.17, 15) is 66.3 Å². The van der Waals surface area contributed by atoms with Crippen molar-refractivity contribution in [3.8, 4) is 11.8 Å². The number of carbonyl (C=O) groups is 9. The normalized spacial score (nSPS) is 19.8. The predicted molar refractivity (Wildman–Crippen MR) is 294 cm³/mol. The molecule has 5 aromatic rings. The van der Waals surface area contributed by atoms with Crippen LogP contribution in [0.3, 0.4) is 0 Å². The van der Waals surface area contributed by atoms with Gasteiger partial charge in [0, 0.05) is 66.7 Å². The first-order valence-electron chi connectivity index (χ1n) is 26.9. The molecule has 2 saturated heterocycles. The quantitative estimate of drug-likeness (QED) is 0.0406. The zero-order chi connectivity index (χ0) is 58.2. The van der Waals surface area contributed by atoms with Crippen LogP contribution in [0.15, 0.2) is 91.0 Å². The minimum Gasteiger partial charge on any atom is -0.370 e. The van der Waals surface area contributed by atoms with Gasteiger partial charge >= 0.3 is 13.3 Å². The summed E-state index contributed by atoms with van der Waals surface area (Å²) in [6, 6.07) is 17.7. The van der Waals surface area contributed by atoms with Gasteiger partial charge in [-0.15, -0.1) is 11.3 Å². The second-order valence-corrected chi connectivity index (χ2v) is 23.9. The van der Waals surface area contributed by atoms with Gasteiger partial charge in [-0.1, -0.05) is 72.5 Å². The monoisotopic (exact) mass is 1160 g/mol. The number of thiophene rings is 1. The average Bonchev–Trinajstić information content (AvgIpc) is 4.07. The second-order valence-electron chi connectivity index (χ2n) is 21.1. The molecule has 10 rings (SSSR count). The van der Waals surface area contributed by atoms with E-state index >= 15 is 0 Å². The summed E-state index contributed by atoms with van der Waals surface area (Å²) in [5.41, 5.74) is 4.37. The van der Waals surface area contributed by atoms with Gasteiger partial charge in [-0.3, -0.25) is 57.9 Å². The van der Waals surface area contributed by atoms with Gasteiger partial charge in [0.2, 0.25) is 41.4 Å². The molecule has 0 saturated carbocycles. The first kappa shape index (κ1) is 57.1. The van der Waals surface area contributed by atoms with Crippen LogP contribution in [0.5, 0.6) is 0 Å². The van der Waals surface area contributed by atoms with Crippen molar-refractivity contribution < 1.29 is 66.3 Å². The third kappa shape index (κ3) is 11.7. The SMILES string of the molecule is NC(=O)CC[C@H](NC(=O)[C@@H]1Cc2cccc3c2N1C(=O)[C@@H](NC(=O)c1cc2cc(C(F)(F)P(=O)(O)O)ccc2s1)CC3)C(=O)N[C@H](C(=O)N1CCC(CCC#Cc2cccc3c2CN(C2CCC(=O)NC2=O)C3=O)CC1)c1ccccc1. The fourth-order valence-corrected chi connectivity index (χ4v) is 12.9. The third-order valence-electron chi connectivity index (χ3n) is 15.9. The van der Waals surface area contributed by atoms with E-state index in [0.29, 0.717) is 71.4 Å². The molecule has 8 N–H and O–H groups in total. The molecule has 20 nitrogen and oxygen atoms in total. The summed E-state index contributed by atoms with van der Waals surface area (Å²) >= 11 is 0.914. The van der Waals surface area contributed by atoms with Crippen molar-refractivity contribution in [2.75, 3.05) is 18.0 Å². The molecule has 6 heterocycles. The maximum Gasteiger partial charge on any atom is 0.399 e. The fraction of sp³-hybridized carbons (Fsp3) is 0.362. The highest BCUT2D eigenvalue weighted by molar-refractivity contribution is 7.52. The lowest BCUT2D eigenvalue weighted by atomic mass is 9.91. The van der Waals surface area contributed by atoms with Crippen molar-refractivity contribution in [1.29, 1.82) is 0 Å². The minimum absolute atomic E-state index is 0.0215. The maximum absolute atomic E-state index is 14.6. The van der Waals surface area contributed by atoms with Gasteiger partial charge in [0.1, 0.15) is 30.2 Å². The number of primary amides is 1. The molecule has 0 bridgehead atoms. The molecular formula is C58H57F2N8O12PS. The Morgan fingerprint density at radius 1 is 0.878 bits per heavy atom. The van der Waals surface area contributed by atoms with E-state index in [1.807, 2.05) is 6.07 Å². The van der Waals surface area contributed by atoms with E-state index in [2.05, 4.69) is 33.1 Å². The summed E-state index contributed by atoms with van der Waals surface area (Å²) in [7, 11) is -5.87. The number of nitrogens with zero attached hydrogens (tertiary/aromatic N) is 3. The van der Waals surface area contributed by atoms with Crippen LogP contribution in [0.25, 0.3) is 10.1 Å². The lowest BCUT2D eigenvalue weighted by Gasteiger charge is -2.35. The molecule has 82 heavy (non-hydrogen) atoms. The number of alkyl halides is 2. The number of amides is 9. The van der Waals surface area contributed by atoms with Gasteiger partial charge in [0.05, 0.1) is 10.6 Å². The van der Waals surface area contributed by atoms with E-state index in [4.69, 9.17) is 5.73 Å². The highest BCUT2D eigenvalue weighted by Gasteiger charge is 2.51. The number of carbonyl (C=O) groups excluding carboxylic acids is 9. The van der Waals surface area contributed by atoms with Gasteiger partial charge in [-0.05, 0) is 109 Å². The molecule has 4 aromatic carbocycles. The molecule has 0 spiro atoms. The van der Waals surface area contributed by atoms with E-state index in [-0.39, 0.29) is 79.0 Å². The van der Waals surface area contributed by atoms with Crippen molar-refractivity contribution in [2.24, 2.45) is 11.7 Å². The molecule has 0 aliphatic carbocycles. The number of fused-ring (bicyclic) bond motifs is 2. The predicted octanol–water partition coefficient (Wildman–Crippen LogP) is 4.57. The number of piperidine rings is 2. The summed E-state index contributed by atoms with van der Waals surface area (Å²) in [6.45, 7) is 0.973. The van der Waals surface area contributed by atoms with Gasteiger partial charge in [0.25, 0.3) is 11.8 Å². The molecule has 0 radical (unpaired) electrons. The Labute approximate surface area is 472 Å². The standard InChI is InChI=1S/C58H57F2N8O12PS/c59-58(60,81(78,79)80)38-17-21-45-37(28-38)30-46(82-45)54(74)63-42-18-16-35-13-6-14-36-29-44(68(50(35)36)56(42)76)53(73)62-41(19-22-47(61)69)51(71)65-49(34-10-2-1-3-11-34)57(77)66-26-24-32(25-27-66)8-4-5-9-33-12-7-15-39-40(33)31-67(55(39)75)43-20-23-48(70)64-52(43)72/h1-3,6-7,10-15,17,21,28,30,32,41-44,49H,4,8,16,18-20,22-27,29,31H2,(H2,61,69)(H,62,73)(H,63,74)(H,65,71)(H,64,70,72)(H2,78,79,80)/t41-,42-,43?,44-,49-/m0/s1. The van der Waals surface area contributed by atoms with Crippen molar-refractivity contribution in [2.45, 2.75) is 113 Å². The number of nitrogens with two attached hydrogens (primary N) is 1. The number of para-hydroxylation sites is 1. The number of likely N-dealkylation sites (tertiary alicyclic amines) is 1. The Morgan fingerprint density at radius 2 is 1.62 bits per heavy atom.